The molecule has 1 amide bonds. The van der Waals surface area contributed by atoms with Crippen molar-refractivity contribution in [3.63, 3.8) is 0 Å². The first kappa shape index (κ1) is 21.0. The number of hydrogen-bond acceptors (Lipinski definition) is 2. The van der Waals surface area contributed by atoms with Crippen LogP contribution < -0.4 is 11.1 Å². The summed E-state index contributed by atoms with van der Waals surface area (Å²) in [4.78, 5) is 18.3. The molecule has 2 fully saturated rings. The summed E-state index contributed by atoms with van der Waals surface area (Å²) in [6, 6.07) is 9.10. The van der Waals surface area contributed by atoms with Crippen LogP contribution in [0.25, 0.3) is 0 Å². The average molecular weight is 470 g/mol. The maximum absolute atomic E-state index is 11.2. The molecule has 1 aliphatic carbocycles. The molecule has 5 nitrogen and oxygen atoms in total. The van der Waals surface area contributed by atoms with E-state index in [1.807, 2.05) is 0 Å². The summed E-state index contributed by atoms with van der Waals surface area (Å²) in [5.41, 5.74) is 8.20. The fourth-order valence-corrected chi connectivity index (χ4v) is 3.96. The van der Waals surface area contributed by atoms with Crippen molar-refractivity contribution >= 4 is 35.8 Å². The van der Waals surface area contributed by atoms with E-state index in [0.29, 0.717) is 24.3 Å². The number of aliphatic imine (C=N–C) groups is 1. The maximum atomic E-state index is 11.2. The summed E-state index contributed by atoms with van der Waals surface area (Å²) in [7, 11) is 0. The molecule has 1 aromatic rings. The lowest BCUT2D eigenvalue weighted by Gasteiger charge is -2.35. The maximum Gasteiger partial charge on any atom is 0.217 e. The minimum absolute atomic E-state index is 0. The van der Waals surface area contributed by atoms with Crippen LogP contribution in [0.5, 0.6) is 0 Å². The molecule has 1 saturated heterocycles. The number of carbonyl (C=O) groups is 1. The topological polar surface area (TPSA) is 70.7 Å². The Morgan fingerprint density at radius 1 is 1.38 bits per heavy atom. The molecule has 3 N–H and O–H groups in total. The molecule has 1 heterocycles. The Balaban J connectivity index is 0.00000243. The van der Waals surface area contributed by atoms with E-state index in [4.69, 9.17) is 10.7 Å². The summed E-state index contributed by atoms with van der Waals surface area (Å²) < 4.78 is 0. The van der Waals surface area contributed by atoms with Crippen molar-refractivity contribution in [1.29, 1.82) is 0 Å². The third-order valence-electron chi connectivity index (χ3n) is 5.31. The Labute approximate surface area is 173 Å². The zero-order chi connectivity index (χ0) is 17.8. The summed E-state index contributed by atoms with van der Waals surface area (Å²) in [6.07, 6.45) is 3.81. The molecule has 0 spiro atoms. The van der Waals surface area contributed by atoms with E-state index < -0.39 is 0 Å². The van der Waals surface area contributed by atoms with Crippen LogP contribution in [-0.2, 0) is 4.79 Å². The van der Waals surface area contributed by atoms with Crippen molar-refractivity contribution in [3.8, 4) is 0 Å². The van der Waals surface area contributed by atoms with Gasteiger partial charge in [0.25, 0.3) is 0 Å². The minimum Gasteiger partial charge on any atom is -0.370 e. The highest BCUT2D eigenvalue weighted by molar-refractivity contribution is 14.0. The molecule has 3 atom stereocenters. The molecule has 1 aliphatic heterocycles. The Hall–Kier alpha value is -1.31. The van der Waals surface area contributed by atoms with E-state index in [1.54, 1.807) is 0 Å². The van der Waals surface area contributed by atoms with Crippen molar-refractivity contribution in [2.24, 2.45) is 16.6 Å². The lowest BCUT2D eigenvalue weighted by atomic mass is 9.95. The molecule has 0 bridgehead atoms. The molecule has 26 heavy (non-hydrogen) atoms. The van der Waals surface area contributed by atoms with Gasteiger partial charge in [0, 0.05) is 38.0 Å². The molecule has 1 aromatic carbocycles. The zero-order valence-electron chi connectivity index (χ0n) is 15.8. The second-order valence-corrected chi connectivity index (χ2v) is 7.37. The number of nitrogens with one attached hydrogen (secondary N) is 1. The van der Waals surface area contributed by atoms with Crippen molar-refractivity contribution in [3.05, 3.63) is 35.4 Å². The number of likely N-dealkylation sites (tertiary alicyclic amines) is 1. The van der Waals surface area contributed by atoms with Gasteiger partial charge in [-0.15, -0.1) is 24.0 Å². The molecular formula is C20H31IN4O. The number of primary amides is 1. The number of guanidine groups is 1. The highest BCUT2D eigenvalue weighted by Crippen LogP contribution is 2.42. The standard InChI is InChI=1S/C20H30N4O.HI/c1-3-22-20(24-10-6-8-15(13-24)11-19(21)25)23-18-12-17(18)16-9-5-4-7-14(16)2;/h4-5,7,9,15,17-18H,3,6,8,10-13H2,1-2H3,(H2,21,25)(H,22,23);1H. The van der Waals surface area contributed by atoms with Gasteiger partial charge in [-0.1, -0.05) is 24.3 Å². The molecule has 3 rings (SSSR count). The van der Waals surface area contributed by atoms with E-state index >= 15 is 0 Å². The molecule has 3 unspecified atom stereocenters. The summed E-state index contributed by atoms with van der Waals surface area (Å²) in [5.74, 6) is 1.73. The number of halogens is 1. The number of rotatable bonds is 5. The first-order valence-electron chi connectivity index (χ1n) is 9.48. The third-order valence-corrected chi connectivity index (χ3v) is 5.31. The van der Waals surface area contributed by atoms with E-state index in [-0.39, 0.29) is 29.9 Å². The number of carbonyl (C=O) groups excluding carboxylic acids is 1. The fourth-order valence-electron chi connectivity index (χ4n) is 3.96. The predicted molar refractivity (Wildman–Crippen MR) is 117 cm³/mol. The van der Waals surface area contributed by atoms with Crippen LogP contribution in [0.4, 0.5) is 0 Å². The van der Waals surface area contributed by atoms with Crippen LogP contribution in [0, 0.1) is 12.8 Å². The third kappa shape index (κ3) is 5.34. The van der Waals surface area contributed by atoms with Crippen LogP contribution in [0.15, 0.2) is 29.3 Å². The van der Waals surface area contributed by atoms with Crippen LogP contribution in [0.3, 0.4) is 0 Å². The zero-order valence-corrected chi connectivity index (χ0v) is 18.1. The highest BCUT2D eigenvalue weighted by atomic mass is 127. The number of nitrogens with two attached hydrogens (primary N) is 1. The Kier molecular flexibility index (Phi) is 7.73. The first-order valence-corrected chi connectivity index (χ1v) is 9.48. The van der Waals surface area contributed by atoms with Gasteiger partial charge >= 0.3 is 0 Å². The summed E-state index contributed by atoms with van der Waals surface area (Å²) in [6.45, 7) is 6.89. The number of benzene rings is 1. The van der Waals surface area contributed by atoms with Gasteiger partial charge in [-0.3, -0.25) is 9.79 Å². The number of aryl methyl sites for hydroxylation is 1. The number of hydrogen-bond donors (Lipinski definition) is 2. The smallest absolute Gasteiger partial charge is 0.217 e. The van der Waals surface area contributed by atoms with E-state index in [9.17, 15) is 4.79 Å². The normalized spacial score (nSPS) is 25.4. The minimum atomic E-state index is -0.199. The predicted octanol–water partition coefficient (Wildman–Crippen LogP) is 3.02. The van der Waals surface area contributed by atoms with E-state index in [0.717, 1.165) is 44.9 Å². The second kappa shape index (κ2) is 9.58. The van der Waals surface area contributed by atoms with Crippen LogP contribution in [0.2, 0.25) is 0 Å². The molecule has 2 aliphatic rings. The lowest BCUT2D eigenvalue weighted by molar-refractivity contribution is -0.119. The van der Waals surface area contributed by atoms with Gasteiger partial charge in [-0.05, 0) is 50.2 Å². The van der Waals surface area contributed by atoms with Gasteiger partial charge in [-0.25, -0.2) is 0 Å². The van der Waals surface area contributed by atoms with Crippen molar-refractivity contribution in [2.45, 2.75) is 51.5 Å². The van der Waals surface area contributed by atoms with E-state index in [1.165, 1.54) is 11.1 Å². The summed E-state index contributed by atoms with van der Waals surface area (Å²) >= 11 is 0. The molecule has 0 radical (unpaired) electrons. The lowest BCUT2D eigenvalue weighted by Crippen LogP contribution is -2.48. The second-order valence-electron chi connectivity index (χ2n) is 7.37. The van der Waals surface area contributed by atoms with Gasteiger partial charge in [0.1, 0.15) is 0 Å². The number of piperidine rings is 1. The Morgan fingerprint density at radius 3 is 2.85 bits per heavy atom. The molecular weight excluding hydrogens is 439 g/mol. The van der Waals surface area contributed by atoms with Gasteiger partial charge in [0.2, 0.25) is 5.91 Å². The van der Waals surface area contributed by atoms with Gasteiger partial charge in [0.15, 0.2) is 5.96 Å². The van der Waals surface area contributed by atoms with Crippen LogP contribution >= 0.6 is 24.0 Å². The largest absolute Gasteiger partial charge is 0.370 e. The monoisotopic (exact) mass is 470 g/mol. The number of nitrogens with zero attached hydrogens (tertiary/aromatic N) is 2. The SMILES string of the molecule is CCN=C(NC1CC1c1ccccc1C)N1CCCC(CC(N)=O)C1.I. The van der Waals surface area contributed by atoms with E-state index in [2.05, 4.69) is 48.3 Å². The van der Waals surface area contributed by atoms with Gasteiger partial charge in [-0.2, -0.15) is 0 Å². The van der Waals surface area contributed by atoms with Gasteiger partial charge < -0.3 is 16.0 Å². The molecule has 6 heteroatoms. The van der Waals surface area contributed by atoms with Crippen molar-refractivity contribution in [1.82, 2.24) is 10.2 Å². The molecule has 0 aromatic heterocycles. The quantitative estimate of drug-likeness (QED) is 0.395. The summed E-state index contributed by atoms with van der Waals surface area (Å²) in [5, 5.41) is 3.67. The number of amides is 1. The molecule has 1 saturated carbocycles. The first-order chi connectivity index (χ1) is 12.1. The van der Waals surface area contributed by atoms with Crippen LogP contribution in [0.1, 0.15) is 49.7 Å². The molecule has 144 valence electrons. The Morgan fingerprint density at radius 2 is 2.15 bits per heavy atom. The van der Waals surface area contributed by atoms with Crippen molar-refractivity contribution in [2.75, 3.05) is 19.6 Å². The van der Waals surface area contributed by atoms with Crippen LogP contribution in [-0.4, -0.2) is 42.4 Å². The average Bonchev–Trinajstić information content (AvgIpc) is 3.33. The highest BCUT2D eigenvalue weighted by Gasteiger charge is 2.40. The van der Waals surface area contributed by atoms with Crippen molar-refractivity contribution < 1.29 is 4.79 Å². The fraction of sp³-hybridized carbons (Fsp3) is 0.600. The van der Waals surface area contributed by atoms with Gasteiger partial charge in [0.05, 0.1) is 0 Å². The Bertz CT molecular complexity index is 648.